The van der Waals surface area contributed by atoms with Crippen LogP contribution in [0.3, 0.4) is 0 Å². The Morgan fingerprint density at radius 1 is 1.54 bits per heavy atom. The lowest BCUT2D eigenvalue weighted by Crippen LogP contribution is -2.41. The molecule has 2 nitrogen and oxygen atoms in total. The van der Waals surface area contributed by atoms with Gasteiger partial charge in [0.05, 0.1) is 0 Å². The minimum atomic E-state index is 0.783. The van der Waals surface area contributed by atoms with Crippen LogP contribution >= 0.6 is 11.8 Å². The quantitative estimate of drug-likeness (QED) is 0.750. The fourth-order valence-electron chi connectivity index (χ4n) is 1.99. The lowest BCUT2D eigenvalue weighted by molar-refractivity contribution is 0.223. The van der Waals surface area contributed by atoms with Gasteiger partial charge in [-0.3, -0.25) is 0 Å². The maximum absolute atomic E-state index is 5.51. The molecular weight excluding hydrogens is 180 g/mol. The lowest BCUT2D eigenvalue weighted by atomic mass is 10.1. The number of nitrogens with two attached hydrogens (primary N) is 1. The van der Waals surface area contributed by atoms with Crippen LogP contribution in [0.1, 0.15) is 26.2 Å². The molecule has 1 saturated heterocycles. The highest BCUT2D eigenvalue weighted by molar-refractivity contribution is 7.99. The Morgan fingerprint density at radius 2 is 2.31 bits per heavy atom. The molecule has 1 rings (SSSR count). The van der Waals surface area contributed by atoms with E-state index in [1.807, 2.05) is 0 Å². The minimum Gasteiger partial charge on any atom is -0.330 e. The van der Waals surface area contributed by atoms with Crippen LogP contribution in [0.5, 0.6) is 0 Å². The van der Waals surface area contributed by atoms with E-state index in [4.69, 9.17) is 5.73 Å². The predicted octanol–water partition coefficient (Wildman–Crippen LogP) is 1.55. The Morgan fingerprint density at radius 3 is 2.92 bits per heavy atom. The molecule has 1 heterocycles. The molecule has 1 fully saturated rings. The summed E-state index contributed by atoms with van der Waals surface area (Å²) in [5.74, 6) is 1.35. The summed E-state index contributed by atoms with van der Waals surface area (Å²) in [4.78, 5) is 2.49. The van der Waals surface area contributed by atoms with Crippen molar-refractivity contribution in [1.29, 1.82) is 0 Å². The molecule has 0 bridgehead atoms. The molecule has 1 aliphatic rings. The topological polar surface area (TPSA) is 29.3 Å². The van der Waals surface area contributed by atoms with Crippen LogP contribution in [-0.4, -0.2) is 42.1 Å². The van der Waals surface area contributed by atoms with E-state index in [0.29, 0.717) is 0 Å². The minimum absolute atomic E-state index is 0.783. The van der Waals surface area contributed by atoms with Gasteiger partial charge in [0.1, 0.15) is 0 Å². The molecule has 3 heteroatoms. The third kappa shape index (κ3) is 3.49. The van der Waals surface area contributed by atoms with E-state index in [-0.39, 0.29) is 0 Å². The molecule has 1 aliphatic heterocycles. The zero-order chi connectivity index (χ0) is 9.68. The Bertz CT molecular complexity index is 141. The van der Waals surface area contributed by atoms with Gasteiger partial charge in [0, 0.05) is 11.3 Å². The van der Waals surface area contributed by atoms with Crippen molar-refractivity contribution in [2.75, 3.05) is 25.9 Å². The molecule has 0 saturated carbocycles. The molecule has 0 aromatic heterocycles. The molecule has 0 amide bonds. The monoisotopic (exact) mass is 202 g/mol. The van der Waals surface area contributed by atoms with E-state index in [0.717, 1.165) is 30.8 Å². The Hall–Kier alpha value is 0.270. The zero-order valence-electron chi connectivity index (χ0n) is 8.83. The van der Waals surface area contributed by atoms with Gasteiger partial charge in [-0.05, 0) is 45.2 Å². The maximum Gasteiger partial charge on any atom is 0.0209 e. The number of hydrogen-bond donors (Lipinski definition) is 1. The summed E-state index contributed by atoms with van der Waals surface area (Å²) in [6.45, 7) is 4.33. The molecule has 0 aromatic carbocycles. The summed E-state index contributed by atoms with van der Waals surface area (Å²) in [6.07, 6.45) is 3.88. The van der Waals surface area contributed by atoms with E-state index in [1.165, 1.54) is 18.6 Å². The number of thioether (sulfide) groups is 1. The summed E-state index contributed by atoms with van der Waals surface area (Å²) < 4.78 is 0. The fraction of sp³-hybridized carbons (Fsp3) is 1.00. The smallest absolute Gasteiger partial charge is 0.0209 e. The van der Waals surface area contributed by atoms with Gasteiger partial charge < -0.3 is 10.6 Å². The normalized spacial score (nSPS) is 29.5. The second-order valence-electron chi connectivity index (χ2n) is 3.91. The first kappa shape index (κ1) is 11.3. The van der Waals surface area contributed by atoms with Gasteiger partial charge in [-0.15, -0.1) is 0 Å². The average molecular weight is 202 g/mol. The zero-order valence-corrected chi connectivity index (χ0v) is 9.65. The van der Waals surface area contributed by atoms with Crippen molar-refractivity contribution in [3.8, 4) is 0 Å². The summed E-state index contributed by atoms with van der Waals surface area (Å²) in [5, 5.41) is 0.802. The van der Waals surface area contributed by atoms with Crippen LogP contribution in [0.4, 0.5) is 0 Å². The van der Waals surface area contributed by atoms with E-state index in [1.54, 1.807) is 0 Å². The van der Waals surface area contributed by atoms with Crippen molar-refractivity contribution in [2.24, 2.45) is 5.73 Å². The summed E-state index contributed by atoms with van der Waals surface area (Å²) >= 11 is 2.12. The van der Waals surface area contributed by atoms with Crippen molar-refractivity contribution < 1.29 is 0 Å². The summed E-state index contributed by atoms with van der Waals surface area (Å²) in [6, 6.07) is 0.783. The highest BCUT2D eigenvalue weighted by atomic mass is 32.2. The SMILES string of the molecule is CC1SCCCC1N(C)CCCN. The standard InChI is InChI=1S/C10H22N2S/c1-9-10(5-3-8-13-9)12(2)7-4-6-11/h9-10H,3-8,11H2,1-2H3. The van der Waals surface area contributed by atoms with Gasteiger partial charge in [0.2, 0.25) is 0 Å². The van der Waals surface area contributed by atoms with Crippen LogP contribution in [-0.2, 0) is 0 Å². The van der Waals surface area contributed by atoms with Gasteiger partial charge in [0.25, 0.3) is 0 Å². The van der Waals surface area contributed by atoms with E-state index >= 15 is 0 Å². The van der Waals surface area contributed by atoms with E-state index in [9.17, 15) is 0 Å². The van der Waals surface area contributed by atoms with Crippen LogP contribution in [0, 0.1) is 0 Å². The van der Waals surface area contributed by atoms with Crippen molar-refractivity contribution >= 4 is 11.8 Å². The molecule has 0 radical (unpaired) electrons. The van der Waals surface area contributed by atoms with E-state index in [2.05, 4.69) is 30.6 Å². The lowest BCUT2D eigenvalue weighted by Gasteiger charge is -2.35. The Kier molecular flexibility index (Phi) is 5.14. The van der Waals surface area contributed by atoms with Gasteiger partial charge >= 0.3 is 0 Å². The first-order chi connectivity index (χ1) is 6.25. The maximum atomic E-state index is 5.51. The van der Waals surface area contributed by atoms with Gasteiger partial charge in [-0.2, -0.15) is 11.8 Å². The van der Waals surface area contributed by atoms with Gasteiger partial charge in [-0.25, -0.2) is 0 Å². The van der Waals surface area contributed by atoms with Crippen LogP contribution < -0.4 is 5.73 Å². The highest BCUT2D eigenvalue weighted by Crippen LogP contribution is 2.28. The summed E-state index contributed by atoms with van der Waals surface area (Å²) in [7, 11) is 2.24. The molecule has 2 atom stereocenters. The van der Waals surface area contributed by atoms with Crippen molar-refractivity contribution in [3.63, 3.8) is 0 Å². The van der Waals surface area contributed by atoms with Gasteiger partial charge in [-0.1, -0.05) is 6.92 Å². The van der Waals surface area contributed by atoms with Crippen LogP contribution in [0.25, 0.3) is 0 Å². The molecule has 2 unspecified atom stereocenters. The number of rotatable bonds is 4. The molecule has 0 spiro atoms. The third-order valence-electron chi connectivity index (χ3n) is 2.85. The molecule has 78 valence electrons. The highest BCUT2D eigenvalue weighted by Gasteiger charge is 2.24. The second kappa shape index (κ2) is 5.89. The number of nitrogens with zero attached hydrogens (tertiary/aromatic N) is 1. The molecule has 0 aliphatic carbocycles. The Labute approximate surface area is 86.2 Å². The largest absolute Gasteiger partial charge is 0.330 e. The second-order valence-corrected chi connectivity index (χ2v) is 5.39. The van der Waals surface area contributed by atoms with Gasteiger partial charge in [0.15, 0.2) is 0 Å². The Balaban J connectivity index is 2.30. The average Bonchev–Trinajstić information content (AvgIpc) is 2.15. The summed E-state index contributed by atoms with van der Waals surface area (Å²) in [5.41, 5.74) is 5.51. The molecule has 13 heavy (non-hydrogen) atoms. The fourth-order valence-corrected chi connectivity index (χ4v) is 3.26. The van der Waals surface area contributed by atoms with E-state index < -0.39 is 0 Å². The number of hydrogen-bond acceptors (Lipinski definition) is 3. The molecule has 2 N–H and O–H groups in total. The van der Waals surface area contributed by atoms with Crippen molar-refractivity contribution in [2.45, 2.75) is 37.5 Å². The first-order valence-electron chi connectivity index (χ1n) is 5.27. The third-order valence-corrected chi connectivity index (χ3v) is 4.21. The van der Waals surface area contributed by atoms with Crippen molar-refractivity contribution in [3.05, 3.63) is 0 Å². The first-order valence-corrected chi connectivity index (χ1v) is 6.32. The van der Waals surface area contributed by atoms with Crippen LogP contribution in [0.2, 0.25) is 0 Å². The molecular formula is C10H22N2S. The molecule has 0 aromatic rings. The predicted molar refractivity (Wildman–Crippen MR) is 61.2 cm³/mol. The van der Waals surface area contributed by atoms with Crippen LogP contribution in [0.15, 0.2) is 0 Å². The van der Waals surface area contributed by atoms with Crippen molar-refractivity contribution in [1.82, 2.24) is 4.90 Å².